The van der Waals surface area contributed by atoms with Gasteiger partial charge in [-0.3, -0.25) is 0 Å². The maximum absolute atomic E-state index is 8.64. The van der Waals surface area contributed by atoms with Crippen molar-refractivity contribution >= 4 is 5.69 Å². The van der Waals surface area contributed by atoms with Crippen molar-refractivity contribution in [1.29, 1.82) is 5.26 Å². The first-order chi connectivity index (χ1) is 7.31. The topological polar surface area (TPSA) is 88.5 Å². The second-order valence-electron chi connectivity index (χ2n) is 2.83. The van der Waals surface area contributed by atoms with Gasteiger partial charge in [-0.25, -0.2) is 9.97 Å². The second kappa shape index (κ2) is 3.72. The maximum Gasteiger partial charge on any atom is 0.235 e. The largest absolute Gasteiger partial charge is 0.398 e. The molecule has 2 N–H and O–H groups in total. The molecule has 0 aliphatic heterocycles. The maximum atomic E-state index is 8.64. The van der Waals surface area contributed by atoms with Gasteiger partial charge in [0, 0.05) is 11.3 Å². The van der Waals surface area contributed by atoms with Crippen LogP contribution >= 0.6 is 0 Å². The van der Waals surface area contributed by atoms with Crippen LogP contribution in [0.3, 0.4) is 0 Å². The number of nitrogens with zero attached hydrogens (tertiary/aromatic N) is 4. The van der Waals surface area contributed by atoms with E-state index in [2.05, 4.69) is 15.0 Å². The lowest BCUT2D eigenvalue weighted by molar-refractivity contribution is 1.02. The van der Waals surface area contributed by atoms with Gasteiger partial charge in [-0.1, -0.05) is 12.1 Å². The molecule has 0 bridgehead atoms. The minimum Gasteiger partial charge on any atom is -0.398 e. The van der Waals surface area contributed by atoms with Crippen molar-refractivity contribution in [2.24, 2.45) is 0 Å². The number of hydrogen-bond acceptors (Lipinski definition) is 5. The van der Waals surface area contributed by atoms with Crippen molar-refractivity contribution in [3.63, 3.8) is 0 Å². The predicted octanol–water partition coefficient (Wildman–Crippen LogP) is 0.992. The molecule has 0 radical (unpaired) electrons. The highest BCUT2D eigenvalue weighted by molar-refractivity contribution is 5.70. The van der Waals surface area contributed by atoms with E-state index in [-0.39, 0.29) is 5.82 Å². The number of para-hydroxylation sites is 1. The molecule has 15 heavy (non-hydrogen) atoms. The van der Waals surface area contributed by atoms with Crippen molar-refractivity contribution < 1.29 is 0 Å². The summed E-state index contributed by atoms with van der Waals surface area (Å²) in [6.45, 7) is 0. The molecule has 0 atom stereocenters. The smallest absolute Gasteiger partial charge is 0.235 e. The van der Waals surface area contributed by atoms with Crippen LogP contribution in [0.4, 0.5) is 5.69 Å². The van der Waals surface area contributed by atoms with Gasteiger partial charge in [0.1, 0.15) is 12.4 Å². The van der Waals surface area contributed by atoms with Crippen molar-refractivity contribution in [2.75, 3.05) is 5.73 Å². The van der Waals surface area contributed by atoms with Crippen molar-refractivity contribution in [1.82, 2.24) is 15.0 Å². The Kier molecular flexibility index (Phi) is 2.25. The summed E-state index contributed by atoms with van der Waals surface area (Å²) in [5.74, 6) is 0.503. The number of hydrogen-bond donors (Lipinski definition) is 1. The average molecular weight is 197 g/mol. The SMILES string of the molecule is N#Cc1ncnc(-c2ccccc2N)n1. The van der Waals surface area contributed by atoms with E-state index in [9.17, 15) is 0 Å². The van der Waals surface area contributed by atoms with Gasteiger partial charge in [0.05, 0.1) is 0 Å². The van der Waals surface area contributed by atoms with Crippen LogP contribution in [0.25, 0.3) is 11.4 Å². The first kappa shape index (κ1) is 9.09. The third kappa shape index (κ3) is 1.74. The van der Waals surface area contributed by atoms with Crippen LogP contribution in [-0.4, -0.2) is 15.0 Å². The normalized spacial score (nSPS) is 9.53. The zero-order valence-electron chi connectivity index (χ0n) is 7.75. The van der Waals surface area contributed by atoms with E-state index in [4.69, 9.17) is 11.0 Å². The lowest BCUT2D eigenvalue weighted by Crippen LogP contribution is -1.97. The minimum atomic E-state index is 0.0863. The van der Waals surface area contributed by atoms with E-state index < -0.39 is 0 Å². The van der Waals surface area contributed by atoms with E-state index in [1.54, 1.807) is 12.1 Å². The molecule has 0 amide bonds. The lowest BCUT2D eigenvalue weighted by Gasteiger charge is -2.02. The Morgan fingerprint density at radius 2 is 2.00 bits per heavy atom. The van der Waals surface area contributed by atoms with Gasteiger partial charge in [0.15, 0.2) is 5.82 Å². The highest BCUT2D eigenvalue weighted by Crippen LogP contribution is 2.20. The highest BCUT2D eigenvalue weighted by atomic mass is 15.0. The first-order valence-corrected chi connectivity index (χ1v) is 4.25. The molecule has 1 aromatic heterocycles. The van der Waals surface area contributed by atoms with Crippen molar-refractivity contribution in [2.45, 2.75) is 0 Å². The van der Waals surface area contributed by atoms with Gasteiger partial charge in [0.25, 0.3) is 0 Å². The van der Waals surface area contributed by atoms with Crippen LogP contribution in [0, 0.1) is 11.3 Å². The number of nitriles is 1. The molecular formula is C10H7N5. The number of benzene rings is 1. The molecule has 0 saturated heterocycles. The molecule has 0 aliphatic rings. The summed E-state index contributed by atoms with van der Waals surface area (Å²) in [5, 5.41) is 8.64. The Morgan fingerprint density at radius 3 is 2.73 bits per heavy atom. The van der Waals surface area contributed by atoms with Gasteiger partial charge in [-0.2, -0.15) is 10.2 Å². The monoisotopic (exact) mass is 197 g/mol. The van der Waals surface area contributed by atoms with Crippen LogP contribution in [0.5, 0.6) is 0 Å². The average Bonchev–Trinajstić information content (AvgIpc) is 2.30. The number of rotatable bonds is 1. The molecule has 0 fully saturated rings. The van der Waals surface area contributed by atoms with Gasteiger partial charge < -0.3 is 5.73 Å². The molecule has 2 rings (SSSR count). The molecule has 2 aromatic rings. The molecule has 72 valence electrons. The summed E-state index contributed by atoms with van der Waals surface area (Å²) >= 11 is 0. The molecule has 0 unspecified atom stereocenters. The summed E-state index contributed by atoms with van der Waals surface area (Å²) in [6, 6.07) is 9.07. The summed E-state index contributed by atoms with van der Waals surface area (Å²) in [7, 11) is 0. The molecule has 1 heterocycles. The van der Waals surface area contributed by atoms with E-state index in [1.807, 2.05) is 18.2 Å². The Hall–Kier alpha value is -2.48. The Morgan fingerprint density at radius 1 is 1.20 bits per heavy atom. The zero-order chi connectivity index (χ0) is 10.7. The van der Waals surface area contributed by atoms with E-state index in [0.717, 1.165) is 0 Å². The molecule has 5 heteroatoms. The van der Waals surface area contributed by atoms with Crippen molar-refractivity contribution in [3.8, 4) is 17.5 Å². The summed E-state index contributed by atoms with van der Waals surface area (Å²) in [5.41, 5.74) is 7.04. The third-order valence-corrected chi connectivity index (χ3v) is 1.87. The number of aromatic nitrogens is 3. The van der Waals surface area contributed by atoms with Crippen LogP contribution in [0.15, 0.2) is 30.6 Å². The molecule has 0 spiro atoms. The Labute approximate surface area is 86.2 Å². The summed E-state index contributed by atoms with van der Waals surface area (Å²) in [4.78, 5) is 11.6. The van der Waals surface area contributed by atoms with Crippen LogP contribution < -0.4 is 5.73 Å². The Balaban J connectivity index is 2.55. The second-order valence-corrected chi connectivity index (χ2v) is 2.83. The third-order valence-electron chi connectivity index (χ3n) is 1.87. The minimum absolute atomic E-state index is 0.0863. The molecule has 0 aliphatic carbocycles. The van der Waals surface area contributed by atoms with Crippen LogP contribution in [0.2, 0.25) is 0 Å². The van der Waals surface area contributed by atoms with Crippen molar-refractivity contribution in [3.05, 3.63) is 36.4 Å². The Bertz CT molecular complexity index is 529. The standard InChI is InChI=1S/C10H7N5/c11-5-9-13-6-14-10(15-9)7-3-1-2-4-8(7)12/h1-4,6H,12H2. The van der Waals surface area contributed by atoms with Gasteiger partial charge in [0.2, 0.25) is 5.82 Å². The molecule has 0 saturated carbocycles. The number of nitrogens with two attached hydrogens (primary N) is 1. The quantitative estimate of drug-likeness (QED) is 0.688. The first-order valence-electron chi connectivity index (χ1n) is 4.25. The predicted molar refractivity (Wildman–Crippen MR) is 54.4 cm³/mol. The molecule has 1 aromatic carbocycles. The summed E-state index contributed by atoms with van der Waals surface area (Å²) < 4.78 is 0. The van der Waals surface area contributed by atoms with Crippen LogP contribution in [-0.2, 0) is 0 Å². The summed E-state index contributed by atoms with van der Waals surface area (Å²) in [6.07, 6.45) is 1.30. The zero-order valence-corrected chi connectivity index (χ0v) is 7.75. The van der Waals surface area contributed by atoms with E-state index in [0.29, 0.717) is 17.1 Å². The van der Waals surface area contributed by atoms with E-state index >= 15 is 0 Å². The van der Waals surface area contributed by atoms with E-state index in [1.165, 1.54) is 6.33 Å². The lowest BCUT2D eigenvalue weighted by atomic mass is 10.2. The molecular weight excluding hydrogens is 190 g/mol. The number of nitrogen functional groups attached to an aromatic ring is 1. The fourth-order valence-electron chi connectivity index (χ4n) is 1.18. The van der Waals surface area contributed by atoms with Gasteiger partial charge in [-0.05, 0) is 12.1 Å². The molecule has 5 nitrogen and oxygen atoms in total. The van der Waals surface area contributed by atoms with Gasteiger partial charge >= 0.3 is 0 Å². The fraction of sp³-hybridized carbons (Fsp3) is 0. The number of anilines is 1. The highest BCUT2D eigenvalue weighted by Gasteiger charge is 2.05. The van der Waals surface area contributed by atoms with Gasteiger partial charge in [-0.15, -0.1) is 0 Å². The fourth-order valence-corrected chi connectivity index (χ4v) is 1.18. The van der Waals surface area contributed by atoms with Crippen LogP contribution in [0.1, 0.15) is 5.82 Å².